The van der Waals surface area contributed by atoms with Crippen molar-refractivity contribution in [3.05, 3.63) is 41.0 Å². The predicted octanol–water partition coefficient (Wildman–Crippen LogP) is 1.42. The molecule has 0 atom stereocenters. The average Bonchev–Trinajstić information content (AvgIpc) is 2.49. The molecule has 3 nitrogen and oxygen atoms in total. The summed E-state index contributed by atoms with van der Waals surface area (Å²) >= 11 is 0. The highest BCUT2D eigenvalue weighted by Gasteiger charge is 2.23. The Morgan fingerprint density at radius 3 is 2.40 bits per heavy atom. The summed E-state index contributed by atoms with van der Waals surface area (Å²) in [5.41, 5.74) is 2.65. The summed E-state index contributed by atoms with van der Waals surface area (Å²) in [6.45, 7) is 2.00. The molecule has 1 saturated heterocycles. The van der Waals surface area contributed by atoms with Crippen molar-refractivity contribution < 1.29 is 9.59 Å². The minimum atomic E-state index is -0.277. The maximum absolute atomic E-state index is 11.3. The van der Waals surface area contributed by atoms with Crippen molar-refractivity contribution in [1.82, 2.24) is 5.32 Å². The van der Waals surface area contributed by atoms with Crippen molar-refractivity contribution in [2.75, 3.05) is 0 Å². The first-order valence-corrected chi connectivity index (χ1v) is 4.76. The van der Waals surface area contributed by atoms with Crippen LogP contribution in [0.3, 0.4) is 0 Å². The third-order valence-corrected chi connectivity index (χ3v) is 2.31. The average molecular weight is 201 g/mol. The molecule has 2 rings (SSSR count). The number of hydrogen-bond acceptors (Lipinski definition) is 2. The van der Waals surface area contributed by atoms with Crippen LogP contribution in [0.4, 0.5) is 0 Å². The molecule has 2 amide bonds. The van der Waals surface area contributed by atoms with Crippen molar-refractivity contribution >= 4 is 17.9 Å². The zero-order chi connectivity index (χ0) is 10.8. The molecule has 0 aliphatic carbocycles. The molecule has 0 unspecified atom stereocenters. The van der Waals surface area contributed by atoms with E-state index in [4.69, 9.17) is 0 Å². The Bertz CT molecular complexity index is 443. The van der Waals surface area contributed by atoms with Crippen molar-refractivity contribution in [2.45, 2.75) is 13.3 Å². The first-order valence-electron chi connectivity index (χ1n) is 4.76. The number of amides is 2. The number of hydrogen-bond donors (Lipinski definition) is 1. The van der Waals surface area contributed by atoms with E-state index in [1.54, 1.807) is 6.08 Å². The van der Waals surface area contributed by atoms with Gasteiger partial charge in [0.05, 0.1) is 6.42 Å². The molecule has 0 bridgehead atoms. The SMILES string of the molecule is Cc1ccc(C=C2CC(=O)NC2=O)cc1. The van der Waals surface area contributed by atoms with Crippen LogP contribution in [0.5, 0.6) is 0 Å². The standard InChI is InChI=1S/C12H11NO2/c1-8-2-4-9(5-3-8)6-10-7-11(14)13-12(10)15/h2-6H,7H2,1H3,(H,13,14,15). The fourth-order valence-corrected chi connectivity index (χ4v) is 1.48. The zero-order valence-corrected chi connectivity index (χ0v) is 8.41. The first-order chi connectivity index (χ1) is 7.15. The van der Waals surface area contributed by atoms with Gasteiger partial charge in [-0.15, -0.1) is 0 Å². The van der Waals surface area contributed by atoms with Gasteiger partial charge in [0.1, 0.15) is 0 Å². The monoisotopic (exact) mass is 201 g/mol. The Hall–Kier alpha value is -1.90. The summed E-state index contributed by atoms with van der Waals surface area (Å²) in [6, 6.07) is 7.80. The molecule has 15 heavy (non-hydrogen) atoms. The van der Waals surface area contributed by atoms with Crippen molar-refractivity contribution in [3.8, 4) is 0 Å². The van der Waals surface area contributed by atoms with Crippen LogP contribution in [0.1, 0.15) is 17.5 Å². The molecule has 3 heteroatoms. The topological polar surface area (TPSA) is 46.2 Å². The van der Waals surface area contributed by atoms with Gasteiger partial charge in [0, 0.05) is 5.57 Å². The van der Waals surface area contributed by atoms with E-state index in [2.05, 4.69) is 5.32 Å². The second-order valence-electron chi connectivity index (χ2n) is 3.63. The van der Waals surface area contributed by atoms with Crippen LogP contribution in [-0.2, 0) is 9.59 Å². The summed E-state index contributed by atoms with van der Waals surface area (Å²) in [4.78, 5) is 22.2. The van der Waals surface area contributed by atoms with E-state index in [0.717, 1.165) is 5.56 Å². The van der Waals surface area contributed by atoms with Crippen molar-refractivity contribution in [3.63, 3.8) is 0 Å². The van der Waals surface area contributed by atoms with Gasteiger partial charge in [0.15, 0.2) is 0 Å². The van der Waals surface area contributed by atoms with Gasteiger partial charge < -0.3 is 0 Å². The summed E-state index contributed by atoms with van der Waals surface area (Å²) < 4.78 is 0. The van der Waals surface area contributed by atoms with E-state index in [0.29, 0.717) is 5.57 Å². The number of imide groups is 1. The van der Waals surface area contributed by atoms with E-state index in [1.807, 2.05) is 31.2 Å². The summed E-state index contributed by atoms with van der Waals surface area (Å²) in [5, 5.41) is 2.25. The molecular weight excluding hydrogens is 190 g/mol. The van der Waals surface area contributed by atoms with E-state index < -0.39 is 0 Å². The highest BCUT2D eigenvalue weighted by atomic mass is 16.2. The molecule has 1 aromatic carbocycles. The third kappa shape index (κ3) is 2.13. The maximum Gasteiger partial charge on any atom is 0.254 e. The third-order valence-electron chi connectivity index (χ3n) is 2.31. The molecular formula is C12H11NO2. The summed E-state index contributed by atoms with van der Waals surface area (Å²) in [5.74, 6) is -0.501. The molecule has 1 fully saturated rings. The molecule has 0 radical (unpaired) electrons. The highest BCUT2D eigenvalue weighted by Crippen LogP contribution is 2.14. The van der Waals surface area contributed by atoms with Gasteiger partial charge >= 0.3 is 0 Å². The van der Waals surface area contributed by atoms with Gasteiger partial charge in [0.25, 0.3) is 5.91 Å². The fraction of sp³-hybridized carbons (Fsp3) is 0.167. The number of benzene rings is 1. The fourth-order valence-electron chi connectivity index (χ4n) is 1.48. The van der Waals surface area contributed by atoms with Gasteiger partial charge in [-0.1, -0.05) is 29.8 Å². The Morgan fingerprint density at radius 1 is 1.20 bits per heavy atom. The minimum Gasteiger partial charge on any atom is -0.292 e. The lowest BCUT2D eigenvalue weighted by Gasteiger charge is -1.96. The van der Waals surface area contributed by atoms with E-state index >= 15 is 0 Å². The van der Waals surface area contributed by atoms with E-state index in [9.17, 15) is 9.59 Å². The van der Waals surface area contributed by atoms with Gasteiger partial charge in [-0.3, -0.25) is 14.9 Å². The molecule has 76 valence electrons. The molecule has 0 spiro atoms. The molecule has 1 aliphatic rings. The van der Waals surface area contributed by atoms with Gasteiger partial charge in [0.2, 0.25) is 5.91 Å². The van der Waals surface area contributed by atoms with Crippen molar-refractivity contribution in [2.24, 2.45) is 0 Å². The Labute approximate surface area is 87.8 Å². The summed E-state index contributed by atoms with van der Waals surface area (Å²) in [6.07, 6.45) is 1.94. The van der Waals surface area contributed by atoms with Crippen LogP contribution in [0.25, 0.3) is 6.08 Å². The normalized spacial score (nSPS) is 18.3. The summed E-state index contributed by atoms with van der Waals surface area (Å²) in [7, 11) is 0. The number of carbonyl (C=O) groups excluding carboxylic acids is 2. The largest absolute Gasteiger partial charge is 0.292 e. The molecule has 1 aliphatic heterocycles. The quantitative estimate of drug-likeness (QED) is 0.551. The lowest BCUT2D eigenvalue weighted by molar-refractivity contribution is -0.124. The van der Waals surface area contributed by atoms with Gasteiger partial charge in [-0.05, 0) is 18.6 Å². The zero-order valence-electron chi connectivity index (χ0n) is 8.41. The van der Waals surface area contributed by atoms with Crippen LogP contribution >= 0.6 is 0 Å². The smallest absolute Gasteiger partial charge is 0.254 e. The second-order valence-corrected chi connectivity index (χ2v) is 3.63. The van der Waals surface area contributed by atoms with Crippen LogP contribution < -0.4 is 5.32 Å². The molecule has 1 N–H and O–H groups in total. The Balaban J connectivity index is 2.27. The number of aryl methyl sites for hydroxylation is 1. The van der Waals surface area contributed by atoms with E-state index in [-0.39, 0.29) is 18.2 Å². The molecule has 1 aromatic rings. The molecule has 0 saturated carbocycles. The van der Waals surface area contributed by atoms with E-state index in [1.165, 1.54) is 5.56 Å². The minimum absolute atomic E-state index is 0.187. The number of nitrogens with one attached hydrogen (secondary N) is 1. The van der Waals surface area contributed by atoms with Crippen molar-refractivity contribution in [1.29, 1.82) is 0 Å². The number of rotatable bonds is 1. The van der Waals surface area contributed by atoms with Gasteiger partial charge in [-0.2, -0.15) is 0 Å². The lowest BCUT2D eigenvalue weighted by Crippen LogP contribution is -2.19. The lowest BCUT2D eigenvalue weighted by atomic mass is 10.1. The highest BCUT2D eigenvalue weighted by molar-refractivity contribution is 6.15. The van der Waals surface area contributed by atoms with Crippen LogP contribution in [-0.4, -0.2) is 11.8 Å². The maximum atomic E-state index is 11.3. The molecule has 1 heterocycles. The Kier molecular flexibility index (Phi) is 2.37. The Morgan fingerprint density at radius 2 is 1.87 bits per heavy atom. The molecule has 0 aromatic heterocycles. The van der Waals surface area contributed by atoms with Crippen LogP contribution in [0.2, 0.25) is 0 Å². The first kappa shape index (κ1) is 9.65. The van der Waals surface area contributed by atoms with Crippen LogP contribution in [0.15, 0.2) is 29.8 Å². The second kappa shape index (κ2) is 3.69. The van der Waals surface area contributed by atoms with Gasteiger partial charge in [-0.25, -0.2) is 0 Å². The predicted molar refractivity (Wildman–Crippen MR) is 56.9 cm³/mol. The number of carbonyl (C=O) groups is 2. The van der Waals surface area contributed by atoms with Crippen LogP contribution in [0, 0.1) is 6.92 Å².